The minimum atomic E-state index is -0.439. The summed E-state index contributed by atoms with van der Waals surface area (Å²) in [6, 6.07) is 8.63. The zero-order chi connectivity index (χ0) is 16.6. The molecular formula is C18H25N3O2. The van der Waals surface area contributed by atoms with E-state index in [2.05, 4.69) is 34.7 Å². The second kappa shape index (κ2) is 5.87. The number of aryl methyl sites for hydroxylation is 1. The van der Waals surface area contributed by atoms with Crippen LogP contribution < -0.4 is 0 Å². The number of benzene rings is 1. The normalized spacial score (nSPS) is 16.8. The Bertz CT molecular complexity index is 707. The first-order valence-corrected chi connectivity index (χ1v) is 8.26. The summed E-state index contributed by atoms with van der Waals surface area (Å²) in [5.41, 5.74) is 1.78. The Kier molecular flexibility index (Phi) is 4.04. The van der Waals surface area contributed by atoms with Crippen molar-refractivity contribution in [3.63, 3.8) is 0 Å². The van der Waals surface area contributed by atoms with Crippen LogP contribution in [0.1, 0.15) is 45.5 Å². The molecule has 0 spiro atoms. The number of para-hydroxylation sites is 2. The maximum absolute atomic E-state index is 12.2. The lowest BCUT2D eigenvalue weighted by atomic mass is 10.0. The monoisotopic (exact) mass is 315 g/mol. The molecule has 5 nitrogen and oxygen atoms in total. The molecule has 1 fully saturated rings. The zero-order valence-electron chi connectivity index (χ0n) is 14.4. The van der Waals surface area contributed by atoms with E-state index < -0.39 is 5.60 Å². The molecule has 0 unspecified atom stereocenters. The highest BCUT2D eigenvalue weighted by molar-refractivity contribution is 5.76. The lowest BCUT2D eigenvalue weighted by Gasteiger charge is -2.34. The lowest BCUT2D eigenvalue weighted by Crippen LogP contribution is -2.42. The third-order valence-corrected chi connectivity index (χ3v) is 4.25. The Morgan fingerprint density at radius 1 is 1.22 bits per heavy atom. The van der Waals surface area contributed by atoms with Crippen LogP contribution in [0, 0.1) is 6.92 Å². The van der Waals surface area contributed by atoms with E-state index in [0.29, 0.717) is 6.04 Å². The van der Waals surface area contributed by atoms with Gasteiger partial charge in [0.05, 0.1) is 11.0 Å². The molecule has 0 N–H and O–H groups in total. The number of imidazole rings is 1. The van der Waals surface area contributed by atoms with Crippen LogP contribution in [-0.2, 0) is 4.74 Å². The molecule has 23 heavy (non-hydrogen) atoms. The molecule has 1 aromatic heterocycles. The number of carbonyl (C=O) groups is 1. The molecule has 0 atom stereocenters. The van der Waals surface area contributed by atoms with Gasteiger partial charge in [-0.2, -0.15) is 0 Å². The maximum atomic E-state index is 12.2. The maximum Gasteiger partial charge on any atom is 0.410 e. The van der Waals surface area contributed by atoms with E-state index in [1.165, 1.54) is 5.52 Å². The molecule has 1 aliphatic rings. The fraction of sp³-hybridized carbons (Fsp3) is 0.556. The predicted molar refractivity (Wildman–Crippen MR) is 90.5 cm³/mol. The first-order chi connectivity index (χ1) is 10.8. The summed E-state index contributed by atoms with van der Waals surface area (Å²) in [5, 5.41) is 0. The highest BCUT2D eigenvalue weighted by Gasteiger charge is 2.28. The second-order valence-corrected chi connectivity index (χ2v) is 7.22. The molecule has 1 aliphatic heterocycles. The van der Waals surface area contributed by atoms with Crippen LogP contribution in [0.15, 0.2) is 24.3 Å². The second-order valence-electron chi connectivity index (χ2n) is 7.22. The van der Waals surface area contributed by atoms with Gasteiger partial charge in [0.2, 0.25) is 0 Å². The van der Waals surface area contributed by atoms with E-state index in [1.807, 2.05) is 31.7 Å². The summed E-state index contributed by atoms with van der Waals surface area (Å²) in [6.45, 7) is 9.22. The smallest absolute Gasteiger partial charge is 0.410 e. The van der Waals surface area contributed by atoms with Crippen LogP contribution in [0.2, 0.25) is 0 Å². The number of aromatic nitrogens is 2. The predicted octanol–water partition coefficient (Wildman–Crippen LogP) is 3.92. The van der Waals surface area contributed by atoms with Crippen molar-refractivity contribution < 1.29 is 9.53 Å². The Labute approximate surface area is 137 Å². The summed E-state index contributed by atoms with van der Waals surface area (Å²) in [5.74, 6) is 1.04. The van der Waals surface area contributed by atoms with Crippen molar-refractivity contribution in [2.24, 2.45) is 0 Å². The van der Waals surface area contributed by atoms with Crippen LogP contribution in [0.25, 0.3) is 11.0 Å². The van der Waals surface area contributed by atoms with Gasteiger partial charge in [0.25, 0.3) is 0 Å². The minimum Gasteiger partial charge on any atom is -0.444 e. The zero-order valence-corrected chi connectivity index (χ0v) is 14.4. The molecule has 0 aliphatic carbocycles. The minimum absolute atomic E-state index is 0.205. The number of fused-ring (bicyclic) bond motifs is 1. The molecule has 2 heterocycles. The SMILES string of the molecule is Cc1nc2ccccc2n1C1CCN(C(=O)OC(C)(C)C)CC1. The van der Waals surface area contributed by atoms with Gasteiger partial charge in [0, 0.05) is 19.1 Å². The molecule has 1 aromatic carbocycles. The van der Waals surface area contributed by atoms with E-state index in [1.54, 1.807) is 0 Å². The summed E-state index contributed by atoms with van der Waals surface area (Å²) in [4.78, 5) is 18.6. The molecule has 1 amide bonds. The average molecular weight is 315 g/mol. The van der Waals surface area contributed by atoms with Gasteiger partial charge in [0.15, 0.2) is 0 Å². The Balaban J connectivity index is 1.71. The number of rotatable bonds is 1. The lowest BCUT2D eigenvalue weighted by molar-refractivity contribution is 0.0189. The van der Waals surface area contributed by atoms with Gasteiger partial charge in [-0.25, -0.2) is 9.78 Å². The first kappa shape index (κ1) is 15.8. The molecule has 0 saturated carbocycles. The molecule has 0 bridgehead atoms. The standard InChI is InChI=1S/C18H25N3O2/c1-13-19-15-7-5-6-8-16(15)21(13)14-9-11-20(12-10-14)17(22)23-18(2,3)4/h5-8,14H,9-12H2,1-4H3. The van der Waals surface area contributed by atoms with Gasteiger partial charge in [-0.05, 0) is 52.7 Å². The van der Waals surface area contributed by atoms with Gasteiger partial charge in [-0.3, -0.25) is 0 Å². The first-order valence-electron chi connectivity index (χ1n) is 8.26. The van der Waals surface area contributed by atoms with Crippen molar-refractivity contribution in [1.82, 2.24) is 14.5 Å². The van der Waals surface area contributed by atoms with Crippen molar-refractivity contribution in [3.8, 4) is 0 Å². The van der Waals surface area contributed by atoms with Gasteiger partial charge in [-0.15, -0.1) is 0 Å². The molecule has 124 valence electrons. The Hall–Kier alpha value is -2.04. The number of carbonyl (C=O) groups excluding carboxylic acids is 1. The highest BCUT2D eigenvalue weighted by atomic mass is 16.6. The molecule has 0 radical (unpaired) electrons. The third kappa shape index (κ3) is 3.33. The van der Waals surface area contributed by atoms with E-state index >= 15 is 0 Å². The van der Waals surface area contributed by atoms with Crippen LogP contribution in [0.4, 0.5) is 4.79 Å². The largest absolute Gasteiger partial charge is 0.444 e. The molecular weight excluding hydrogens is 290 g/mol. The van der Waals surface area contributed by atoms with Crippen molar-refractivity contribution in [2.75, 3.05) is 13.1 Å². The Morgan fingerprint density at radius 2 is 1.87 bits per heavy atom. The topological polar surface area (TPSA) is 47.4 Å². The van der Waals surface area contributed by atoms with Crippen LogP contribution >= 0.6 is 0 Å². The molecule has 3 rings (SSSR count). The van der Waals surface area contributed by atoms with E-state index in [9.17, 15) is 4.79 Å². The van der Waals surface area contributed by atoms with Gasteiger partial charge in [-0.1, -0.05) is 12.1 Å². The fourth-order valence-electron chi connectivity index (χ4n) is 3.26. The number of ether oxygens (including phenoxy) is 1. The number of piperidine rings is 1. The fourth-order valence-corrected chi connectivity index (χ4v) is 3.26. The van der Waals surface area contributed by atoms with Crippen LogP contribution in [0.3, 0.4) is 0 Å². The van der Waals surface area contributed by atoms with E-state index in [4.69, 9.17) is 4.74 Å². The van der Waals surface area contributed by atoms with Crippen molar-refractivity contribution in [1.29, 1.82) is 0 Å². The number of hydrogen-bond acceptors (Lipinski definition) is 3. The van der Waals surface area contributed by atoms with Crippen molar-refractivity contribution in [3.05, 3.63) is 30.1 Å². The third-order valence-electron chi connectivity index (χ3n) is 4.25. The number of nitrogens with zero attached hydrogens (tertiary/aromatic N) is 3. The van der Waals surface area contributed by atoms with Crippen LogP contribution in [0.5, 0.6) is 0 Å². The molecule has 2 aromatic rings. The summed E-state index contributed by atoms with van der Waals surface area (Å²) in [6.07, 6.45) is 1.66. The van der Waals surface area contributed by atoms with E-state index in [0.717, 1.165) is 37.3 Å². The van der Waals surface area contributed by atoms with Crippen molar-refractivity contribution >= 4 is 17.1 Å². The summed E-state index contributed by atoms with van der Waals surface area (Å²) >= 11 is 0. The van der Waals surface area contributed by atoms with Crippen molar-refractivity contribution in [2.45, 2.75) is 52.2 Å². The average Bonchev–Trinajstić information content (AvgIpc) is 2.81. The van der Waals surface area contributed by atoms with Gasteiger partial charge in [0.1, 0.15) is 11.4 Å². The van der Waals surface area contributed by atoms with Crippen LogP contribution in [-0.4, -0.2) is 39.2 Å². The highest BCUT2D eigenvalue weighted by Crippen LogP contribution is 2.29. The van der Waals surface area contributed by atoms with Gasteiger partial charge >= 0.3 is 6.09 Å². The Morgan fingerprint density at radius 3 is 2.52 bits per heavy atom. The molecule has 5 heteroatoms. The quantitative estimate of drug-likeness (QED) is 0.801. The summed E-state index contributed by atoms with van der Waals surface area (Å²) < 4.78 is 7.79. The summed E-state index contributed by atoms with van der Waals surface area (Å²) in [7, 11) is 0. The number of amides is 1. The number of likely N-dealkylation sites (tertiary alicyclic amines) is 1. The number of hydrogen-bond donors (Lipinski definition) is 0. The van der Waals surface area contributed by atoms with Gasteiger partial charge < -0.3 is 14.2 Å². The van der Waals surface area contributed by atoms with E-state index in [-0.39, 0.29) is 6.09 Å². The molecule has 1 saturated heterocycles.